The Balaban J connectivity index is 2.26. The lowest BCUT2D eigenvalue weighted by atomic mass is 10.1. The number of rotatable bonds is 5. The molecule has 120 valence electrons. The predicted molar refractivity (Wildman–Crippen MR) is 85.4 cm³/mol. The third-order valence-electron chi connectivity index (χ3n) is 4.09. The molecule has 2 heterocycles. The van der Waals surface area contributed by atoms with Gasteiger partial charge in [0.25, 0.3) is 0 Å². The van der Waals surface area contributed by atoms with Crippen molar-refractivity contribution in [2.75, 3.05) is 23.5 Å². The molecule has 1 aliphatic heterocycles. The Morgan fingerprint density at radius 3 is 2.67 bits per heavy atom. The summed E-state index contributed by atoms with van der Waals surface area (Å²) in [6.07, 6.45) is 0.695. The van der Waals surface area contributed by atoms with Crippen molar-refractivity contribution in [2.24, 2.45) is 7.05 Å². The summed E-state index contributed by atoms with van der Waals surface area (Å²) in [5, 5.41) is 7.92. The van der Waals surface area contributed by atoms with Gasteiger partial charge in [-0.1, -0.05) is 13.8 Å². The van der Waals surface area contributed by atoms with Crippen LogP contribution in [-0.4, -0.2) is 48.8 Å². The minimum absolute atomic E-state index is 0.0441. The fourth-order valence-corrected chi connectivity index (χ4v) is 4.67. The number of nitrogens with one attached hydrogen (secondary N) is 1. The summed E-state index contributed by atoms with van der Waals surface area (Å²) < 4.78 is 25.3. The Bertz CT molecular complexity index is 607. The third-order valence-corrected chi connectivity index (χ3v) is 5.84. The van der Waals surface area contributed by atoms with Gasteiger partial charge in [-0.25, -0.2) is 8.42 Å². The van der Waals surface area contributed by atoms with Crippen LogP contribution in [0.5, 0.6) is 0 Å². The molecule has 6 nitrogen and oxygen atoms in total. The zero-order chi connectivity index (χ0) is 15.8. The van der Waals surface area contributed by atoms with Gasteiger partial charge in [-0.05, 0) is 13.3 Å². The maximum Gasteiger partial charge on any atom is 0.152 e. The van der Waals surface area contributed by atoms with Gasteiger partial charge in [-0.15, -0.1) is 0 Å². The number of aryl methyl sites for hydroxylation is 2. The second-order valence-electron chi connectivity index (χ2n) is 6.21. The van der Waals surface area contributed by atoms with Gasteiger partial charge in [-0.3, -0.25) is 4.68 Å². The molecule has 0 amide bonds. The summed E-state index contributed by atoms with van der Waals surface area (Å²) in [7, 11) is 1.01. The molecule has 1 aromatic heterocycles. The van der Waals surface area contributed by atoms with E-state index < -0.39 is 9.84 Å². The van der Waals surface area contributed by atoms with E-state index in [9.17, 15) is 8.42 Å². The highest BCUT2D eigenvalue weighted by Gasteiger charge is 2.33. The van der Waals surface area contributed by atoms with Gasteiger partial charge in [0.2, 0.25) is 0 Å². The van der Waals surface area contributed by atoms with E-state index in [-0.39, 0.29) is 11.8 Å². The van der Waals surface area contributed by atoms with Gasteiger partial charge >= 0.3 is 0 Å². The summed E-state index contributed by atoms with van der Waals surface area (Å²) in [4.78, 5) is 2.09. The van der Waals surface area contributed by atoms with Gasteiger partial charge in [0.05, 0.1) is 17.2 Å². The average Bonchev–Trinajstić information content (AvgIpc) is 2.85. The number of nitrogens with zero attached hydrogens (tertiary/aromatic N) is 3. The van der Waals surface area contributed by atoms with Crippen LogP contribution in [0.4, 0.5) is 5.82 Å². The molecule has 1 N–H and O–H groups in total. The molecule has 1 aromatic rings. The lowest BCUT2D eigenvalue weighted by Crippen LogP contribution is -2.35. The minimum atomic E-state index is -2.88. The van der Waals surface area contributed by atoms with Crippen LogP contribution >= 0.6 is 0 Å². The predicted octanol–water partition coefficient (Wildman–Crippen LogP) is 0.850. The molecule has 1 saturated heterocycles. The molecule has 0 bridgehead atoms. The number of sulfone groups is 1. The maximum absolute atomic E-state index is 11.7. The van der Waals surface area contributed by atoms with E-state index in [0.29, 0.717) is 18.2 Å². The largest absolute Gasteiger partial charge is 0.356 e. The Morgan fingerprint density at radius 1 is 1.48 bits per heavy atom. The van der Waals surface area contributed by atoms with Crippen molar-refractivity contribution in [3.8, 4) is 0 Å². The molecule has 0 radical (unpaired) electrons. The zero-order valence-electron chi connectivity index (χ0n) is 13.5. The standard InChI is InChI=1S/C14H26N4O2S/c1-10(2)15-8-13-11(3)16-18(5)14(13)17(4)12-6-7-21(19,20)9-12/h10,12,15H,6-9H2,1-5H3. The lowest BCUT2D eigenvalue weighted by molar-refractivity contribution is 0.583. The molecule has 0 aliphatic carbocycles. The minimum Gasteiger partial charge on any atom is -0.356 e. The SMILES string of the molecule is Cc1nn(C)c(N(C)C2CCS(=O)(=O)C2)c1CNC(C)C. The first-order chi connectivity index (χ1) is 9.71. The van der Waals surface area contributed by atoms with E-state index in [4.69, 9.17) is 0 Å². The molecular weight excluding hydrogens is 288 g/mol. The van der Waals surface area contributed by atoms with Gasteiger partial charge < -0.3 is 10.2 Å². The molecule has 21 heavy (non-hydrogen) atoms. The van der Waals surface area contributed by atoms with E-state index in [1.54, 1.807) is 0 Å². The van der Waals surface area contributed by atoms with Crippen LogP contribution in [-0.2, 0) is 23.4 Å². The van der Waals surface area contributed by atoms with Crippen LogP contribution in [0.1, 0.15) is 31.5 Å². The first kappa shape index (κ1) is 16.3. The van der Waals surface area contributed by atoms with Crippen molar-refractivity contribution in [3.63, 3.8) is 0 Å². The first-order valence-electron chi connectivity index (χ1n) is 7.40. The average molecular weight is 314 g/mol. The molecule has 7 heteroatoms. The molecule has 0 saturated carbocycles. The highest BCUT2D eigenvalue weighted by molar-refractivity contribution is 7.91. The number of hydrogen-bond acceptors (Lipinski definition) is 5. The molecule has 1 atom stereocenters. The fraction of sp³-hybridized carbons (Fsp3) is 0.786. The molecule has 1 fully saturated rings. The van der Waals surface area contributed by atoms with Crippen molar-refractivity contribution in [3.05, 3.63) is 11.3 Å². The Hall–Kier alpha value is -1.08. The van der Waals surface area contributed by atoms with Crippen LogP contribution in [0.2, 0.25) is 0 Å². The van der Waals surface area contributed by atoms with Gasteiger partial charge in [-0.2, -0.15) is 5.10 Å². The van der Waals surface area contributed by atoms with Crippen LogP contribution in [0, 0.1) is 6.92 Å². The quantitative estimate of drug-likeness (QED) is 0.873. The van der Waals surface area contributed by atoms with Crippen LogP contribution in [0.15, 0.2) is 0 Å². The summed E-state index contributed by atoms with van der Waals surface area (Å²) in [6, 6.07) is 0.442. The maximum atomic E-state index is 11.7. The fourth-order valence-electron chi connectivity index (χ4n) is 2.90. The molecule has 1 aliphatic rings. The van der Waals surface area contributed by atoms with Crippen molar-refractivity contribution >= 4 is 15.7 Å². The third kappa shape index (κ3) is 3.58. The van der Waals surface area contributed by atoms with Crippen molar-refractivity contribution in [1.29, 1.82) is 0 Å². The molecule has 0 spiro atoms. The Morgan fingerprint density at radius 2 is 2.14 bits per heavy atom. The van der Waals surface area contributed by atoms with Gasteiger partial charge in [0.1, 0.15) is 5.82 Å². The zero-order valence-corrected chi connectivity index (χ0v) is 14.4. The second kappa shape index (κ2) is 5.96. The summed E-state index contributed by atoms with van der Waals surface area (Å²) in [6.45, 7) is 6.97. The monoisotopic (exact) mass is 314 g/mol. The number of hydrogen-bond donors (Lipinski definition) is 1. The van der Waals surface area contributed by atoms with E-state index in [1.807, 2.05) is 25.7 Å². The summed E-state index contributed by atoms with van der Waals surface area (Å²) >= 11 is 0. The summed E-state index contributed by atoms with van der Waals surface area (Å²) in [5.74, 6) is 1.55. The van der Waals surface area contributed by atoms with Gasteiger partial charge in [0, 0.05) is 38.3 Å². The summed E-state index contributed by atoms with van der Waals surface area (Å²) in [5.41, 5.74) is 2.14. The number of anilines is 1. The van der Waals surface area contributed by atoms with E-state index >= 15 is 0 Å². The Kier molecular flexibility index (Phi) is 4.63. The van der Waals surface area contributed by atoms with Crippen molar-refractivity contribution in [2.45, 2.75) is 45.8 Å². The highest BCUT2D eigenvalue weighted by atomic mass is 32.2. The normalized spacial score (nSPS) is 21.1. The van der Waals surface area contributed by atoms with Crippen molar-refractivity contribution in [1.82, 2.24) is 15.1 Å². The second-order valence-corrected chi connectivity index (χ2v) is 8.44. The molecule has 0 aromatic carbocycles. The van der Waals surface area contributed by atoms with E-state index in [0.717, 1.165) is 23.6 Å². The molecule has 2 rings (SSSR count). The highest BCUT2D eigenvalue weighted by Crippen LogP contribution is 2.27. The van der Waals surface area contributed by atoms with Crippen LogP contribution in [0.25, 0.3) is 0 Å². The molecule has 1 unspecified atom stereocenters. The van der Waals surface area contributed by atoms with E-state index in [2.05, 4.69) is 29.2 Å². The van der Waals surface area contributed by atoms with E-state index in [1.165, 1.54) is 0 Å². The Labute approximate surface area is 127 Å². The van der Waals surface area contributed by atoms with Crippen molar-refractivity contribution < 1.29 is 8.42 Å². The molecular formula is C14H26N4O2S. The lowest BCUT2D eigenvalue weighted by Gasteiger charge is -2.27. The van der Waals surface area contributed by atoms with Crippen LogP contribution < -0.4 is 10.2 Å². The van der Waals surface area contributed by atoms with Crippen LogP contribution in [0.3, 0.4) is 0 Å². The topological polar surface area (TPSA) is 67.2 Å². The van der Waals surface area contributed by atoms with Gasteiger partial charge in [0.15, 0.2) is 9.84 Å². The smallest absolute Gasteiger partial charge is 0.152 e. The number of aromatic nitrogens is 2. The first-order valence-corrected chi connectivity index (χ1v) is 9.22.